The van der Waals surface area contributed by atoms with Gasteiger partial charge in [0.05, 0.1) is 28.9 Å². The third-order valence-corrected chi connectivity index (χ3v) is 6.96. The minimum Gasteiger partial charge on any atom is -0.383 e. The molecule has 150 valence electrons. The van der Waals surface area contributed by atoms with Crippen molar-refractivity contribution < 1.29 is 14.3 Å². The molecule has 2 saturated heterocycles. The van der Waals surface area contributed by atoms with Crippen molar-refractivity contribution in [1.82, 2.24) is 19.4 Å². The van der Waals surface area contributed by atoms with Gasteiger partial charge in [0.1, 0.15) is 0 Å². The van der Waals surface area contributed by atoms with Crippen molar-refractivity contribution in [1.29, 1.82) is 0 Å². The molecule has 4 heterocycles. The van der Waals surface area contributed by atoms with Gasteiger partial charge in [-0.25, -0.2) is 4.98 Å². The molecule has 1 spiro atoms. The van der Waals surface area contributed by atoms with Crippen molar-refractivity contribution in [3.8, 4) is 0 Å². The Morgan fingerprint density at radius 3 is 2.89 bits per heavy atom. The molecule has 0 aromatic carbocycles. The van der Waals surface area contributed by atoms with E-state index >= 15 is 0 Å². The molecule has 0 aliphatic carbocycles. The molecule has 2 amide bonds. The van der Waals surface area contributed by atoms with Crippen molar-refractivity contribution in [3.05, 3.63) is 40.1 Å². The Morgan fingerprint density at radius 2 is 2.25 bits per heavy atom. The van der Waals surface area contributed by atoms with Crippen molar-refractivity contribution >= 4 is 23.2 Å². The van der Waals surface area contributed by atoms with Crippen LogP contribution in [0.4, 0.5) is 0 Å². The smallest absolute Gasteiger partial charge is 0.263 e. The number of ether oxygens (including phenoxy) is 1. The number of hydrogen-bond donors (Lipinski definition) is 0. The highest BCUT2D eigenvalue weighted by Gasteiger charge is 2.58. The van der Waals surface area contributed by atoms with Gasteiger partial charge in [0.25, 0.3) is 5.91 Å². The van der Waals surface area contributed by atoms with Gasteiger partial charge in [-0.3, -0.25) is 9.59 Å². The van der Waals surface area contributed by atoms with Gasteiger partial charge in [0.15, 0.2) is 0 Å². The van der Waals surface area contributed by atoms with Crippen LogP contribution in [0.5, 0.6) is 0 Å². The maximum atomic E-state index is 13.4. The predicted octanol–water partition coefficient (Wildman–Crippen LogP) is 1.89. The Morgan fingerprint density at radius 1 is 1.43 bits per heavy atom. The summed E-state index contributed by atoms with van der Waals surface area (Å²) in [7, 11) is 3.57. The van der Waals surface area contributed by atoms with Crippen LogP contribution in [0.25, 0.3) is 0 Å². The van der Waals surface area contributed by atoms with E-state index in [1.54, 1.807) is 13.4 Å². The van der Waals surface area contributed by atoms with E-state index in [-0.39, 0.29) is 17.7 Å². The molecule has 0 saturated carbocycles. The summed E-state index contributed by atoms with van der Waals surface area (Å²) in [6.07, 6.45) is 4.48. The molecule has 2 atom stereocenters. The Bertz CT molecular complexity index is 892. The normalized spacial score (nSPS) is 24.7. The van der Waals surface area contributed by atoms with Gasteiger partial charge in [-0.05, 0) is 25.5 Å². The fourth-order valence-corrected chi connectivity index (χ4v) is 5.34. The highest BCUT2D eigenvalue weighted by molar-refractivity contribution is 7.13. The Kier molecular flexibility index (Phi) is 5.01. The van der Waals surface area contributed by atoms with Gasteiger partial charge in [0, 0.05) is 57.3 Å². The molecule has 0 bridgehead atoms. The lowest BCUT2D eigenvalue weighted by Gasteiger charge is -2.27. The Balaban J connectivity index is 1.65. The lowest BCUT2D eigenvalue weighted by Crippen LogP contribution is -2.41. The van der Waals surface area contributed by atoms with E-state index in [1.165, 1.54) is 11.3 Å². The third kappa shape index (κ3) is 3.14. The van der Waals surface area contributed by atoms with E-state index in [9.17, 15) is 9.59 Å². The van der Waals surface area contributed by atoms with Crippen LogP contribution >= 0.6 is 11.3 Å². The van der Waals surface area contributed by atoms with Gasteiger partial charge in [-0.1, -0.05) is 0 Å². The number of imidazole rings is 1. The van der Waals surface area contributed by atoms with Crippen LogP contribution in [0.3, 0.4) is 0 Å². The first kappa shape index (κ1) is 19.1. The van der Waals surface area contributed by atoms with E-state index in [2.05, 4.69) is 4.98 Å². The van der Waals surface area contributed by atoms with Gasteiger partial charge < -0.3 is 19.1 Å². The molecular formula is C20H26N4O3S. The summed E-state index contributed by atoms with van der Waals surface area (Å²) in [6, 6.07) is 3.84. The number of carbonyl (C=O) groups excluding carboxylic acids is 2. The monoisotopic (exact) mass is 402 g/mol. The second-order valence-corrected chi connectivity index (χ2v) is 9.09. The maximum Gasteiger partial charge on any atom is 0.263 e. The van der Waals surface area contributed by atoms with Crippen LogP contribution in [0.2, 0.25) is 0 Å². The summed E-state index contributed by atoms with van der Waals surface area (Å²) in [5, 5.41) is 0. The minimum atomic E-state index is -0.593. The predicted molar refractivity (Wildman–Crippen MR) is 106 cm³/mol. The molecule has 2 aromatic rings. The highest BCUT2D eigenvalue weighted by atomic mass is 32.1. The molecule has 8 heteroatoms. The van der Waals surface area contributed by atoms with E-state index in [4.69, 9.17) is 4.74 Å². The maximum absolute atomic E-state index is 13.4. The van der Waals surface area contributed by atoms with Crippen LogP contribution < -0.4 is 0 Å². The summed E-state index contributed by atoms with van der Waals surface area (Å²) in [4.78, 5) is 36.7. The van der Waals surface area contributed by atoms with Crippen molar-refractivity contribution in [2.45, 2.75) is 19.3 Å². The number of nitrogens with zero attached hydrogens (tertiary/aromatic N) is 4. The van der Waals surface area contributed by atoms with Gasteiger partial charge in [-0.2, -0.15) is 0 Å². The number of amides is 2. The second-order valence-electron chi connectivity index (χ2n) is 7.80. The van der Waals surface area contributed by atoms with E-state index in [0.29, 0.717) is 32.8 Å². The zero-order valence-electron chi connectivity index (χ0n) is 16.6. The van der Waals surface area contributed by atoms with Crippen molar-refractivity contribution in [2.24, 2.45) is 12.5 Å². The van der Waals surface area contributed by atoms with Crippen LogP contribution in [0, 0.1) is 12.3 Å². The average molecular weight is 403 g/mol. The lowest BCUT2D eigenvalue weighted by molar-refractivity contribution is -0.136. The SMILES string of the molecule is COCCN1CC[C@@]2(CN(C(=O)c3ccc(C)s3)C[C@H]2c2cn(C)cn2)C1=O. The molecular weight excluding hydrogens is 376 g/mol. The van der Waals surface area contributed by atoms with Gasteiger partial charge in [0.2, 0.25) is 5.91 Å². The molecule has 0 radical (unpaired) electrons. The fraction of sp³-hybridized carbons (Fsp3) is 0.550. The van der Waals surface area contributed by atoms with E-state index in [1.807, 2.05) is 46.7 Å². The number of thiophene rings is 1. The zero-order chi connectivity index (χ0) is 19.9. The quantitative estimate of drug-likeness (QED) is 0.766. The fourth-order valence-electron chi connectivity index (χ4n) is 4.50. The summed E-state index contributed by atoms with van der Waals surface area (Å²) in [5.41, 5.74) is 0.298. The molecule has 0 unspecified atom stereocenters. The van der Waals surface area contributed by atoms with Crippen molar-refractivity contribution in [2.75, 3.05) is 39.9 Å². The zero-order valence-corrected chi connectivity index (χ0v) is 17.4. The topological polar surface area (TPSA) is 67.7 Å². The number of rotatable bonds is 5. The largest absolute Gasteiger partial charge is 0.383 e. The second kappa shape index (κ2) is 7.33. The summed E-state index contributed by atoms with van der Waals surface area (Å²) >= 11 is 1.50. The van der Waals surface area contributed by atoms with E-state index in [0.717, 1.165) is 21.9 Å². The Labute approximate surface area is 168 Å². The van der Waals surface area contributed by atoms with Gasteiger partial charge >= 0.3 is 0 Å². The standard InChI is InChI=1S/C20H26N4O3S/c1-14-4-5-17(28-14)18(25)24-10-15(16-11-22(2)13-21-16)20(12-24)6-7-23(19(20)26)8-9-27-3/h4-5,11,13,15H,6-10,12H2,1-3H3/t15-,20-/m0/s1. The molecule has 0 N–H and O–H groups in total. The van der Waals surface area contributed by atoms with Crippen LogP contribution in [0.15, 0.2) is 24.7 Å². The summed E-state index contributed by atoms with van der Waals surface area (Å²) in [5.74, 6) is 0.0515. The number of methoxy groups -OCH3 is 1. The molecule has 7 nitrogen and oxygen atoms in total. The molecule has 2 aromatic heterocycles. The molecule has 28 heavy (non-hydrogen) atoms. The third-order valence-electron chi connectivity index (χ3n) is 5.97. The molecule has 2 aliphatic rings. The van der Waals surface area contributed by atoms with Gasteiger partial charge in [-0.15, -0.1) is 11.3 Å². The number of likely N-dealkylation sites (tertiary alicyclic amines) is 2. The number of carbonyl (C=O) groups is 2. The summed E-state index contributed by atoms with van der Waals surface area (Å²) in [6.45, 7) is 4.78. The van der Waals surface area contributed by atoms with Crippen LogP contribution in [-0.2, 0) is 16.6 Å². The molecule has 2 aliphatic heterocycles. The average Bonchev–Trinajstić information content (AvgIpc) is 3.43. The van der Waals surface area contributed by atoms with E-state index < -0.39 is 5.41 Å². The van der Waals surface area contributed by atoms with Crippen LogP contribution in [0.1, 0.15) is 32.6 Å². The number of aromatic nitrogens is 2. The number of aryl methyl sites for hydroxylation is 2. The molecule has 2 fully saturated rings. The minimum absolute atomic E-state index is 0.0130. The molecule has 4 rings (SSSR count). The Hall–Kier alpha value is -2.19. The first-order valence-corrected chi connectivity index (χ1v) is 10.4. The lowest BCUT2D eigenvalue weighted by atomic mass is 9.75. The number of hydrogen-bond acceptors (Lipinski definition) is 5. The highest BCUT2D eigenvalue weighted by Crippen LogP contribution is 2.49. The van der Waals surface area contributed by atoms with Crippen LogP contribution in [-0.4, -0.2) is 71.1 Å². The van der Waals surface area contributed by atoms with Crippen molar-refractivity contribution in [3.63, 3.8) is 0 Å². The summed E-state index contributed by atoms with van der Waals surface area (Å²) < 4.78 is 7.07. The first-order valence-electron chi connectivity index (χ1n) is 9.56. The first-order chi connectivity index (χ1) is 13.4.